The highest BCUT2D eigenvalue weighted by atomic mass is 16.5. The zero-order valence-corrected chi connectivity index (χ0v) is 10.3. The fourth-order valence-corrected chi connectivity index (χ4v) is 2.17. The van der Waals surface area contributed by atoms with Crippen LogP contribution in [0.25, 0.3) is 0 Å². The molecule has 1 amide bonds. The summed E-state index contributed by atoms with van der Waals surface area (Å²) >= 11 is 0. The van der Waals surface area contributed by atoms with Crippen molar-refractivity contribution in [2.45, 2.75) is 13.0 Å². The van der Waals surface area contributed by atoms with E-state index in [0.717, 1.165) is 0 Å². The first-order valence-electron chi connectivity index (χ1n) is 5.88. The van der Waals surface area contributed by atoms with Crippen LogP contribution in [0.1, 0.15) is 28.9 Å². The smallest absolute Gasteiger partial charge is 0.333 e. The SMILES string of the molecule is C=CCN1C(=O)c2ccccc2C1C(=O)OCC. The van der Waals surface area contributed by atoms with Gasteiger partial charge in [0.1, 0.15) is 0 Å². The standard InChI is InChI=1S/C14H15NO3/c1-3-9-15-12(14(17)18-4-2)10-7-5-6-8-11(10)13(15)16/h3,5-8,12H,1,4,9H2,2H3. The molecule has 18 heavy (non-hydrogen) atoms. The Morgan fingerprint density at radius 2 is 2.22 bits per heavy atom. The van der Waals surface area contributed by atoms with E-state index in [0.29, 0.717) is 24.3 Å². The van der Waals surface area contributed by atoms with E-state index in [1.54, 1.807) is 31.2 Å². The minimum Gasteiger partial charge on any atom is -0.464 e. The van der Waals surface area contributed by atoms with E-state index in [1.165, 1.54) is 4.90 Å². The molecule has 1 atom stereocenters. The van der Waals surface area contributed by atoms with Gasteiger partial charge in [-0.05, 0) is 18.6 Å². The predicted octanol–water partition coefficient (Wildman–Crippen LogP) is 1.93. The van der Waals surface area contributed by atoms with Crippen molar-refractivity contribution in [2.24, 2.45) is 0 Å². The molecule has 0 aromatic heterocycles. The molecule has 1 aliphatic rings. The van der Waals surface area contributed by atoms with Crippen LogP contribution in [-0.2, 0) is 9.53 Å². The third-order valence-electron chi connectivity index (χ3n) is 2.89. The summed E-state index contributed by atoms with van der Waals surface area (Å²) < 4.78 is 5.04. The lowest BCUT2D eigenvalue weighted by Crippen LogP contribution is -2.33. The monoisotopic (exact) mass is 245 g/mol. The van der Waals surface area contributed by atoms with Crippen LogP contribution in [0.2, 0.25) is 0 Å². The lowest BCUT2D eigenvalue weighted by atomic mass is 10.1. The largest absolute Gasteiger partial charge is 0.464 e. The first kappa shape index (κ1) is 12.4. The predicted molar refractivity (Wildman–Crippen MR) is 67.0 cm³/mol. The Morgan fingerprint density at radius 3 is 2.89 bits per heavy atom. The van der Waals surface area contributed by atoms with Crippen LogP contribution < -0.4 is 0 Å². The second kappa shape index (κ2) is 5.04. The van der Waals surface area contributed by atoms with Gasteiger partial charge in [0.25, 0.3) is 5.91 Å². The van der Waals surface area contributed by atoms with Gasteiger partial charge < -0.3 is 9.64 Å². The summed E-state index contributed by atoms with van der Waals surface area (Å²) in [7, 11) is 0. The Hall–Kier alpha value is -2.10. The Balaban J connectivity index is 2.42. The molecule has 1 aromatic rings. The minimum absolute atomic E-state index is 0.149. The number of ether oxygens (including phenoxy) is 1. The lowest BCUT2D eigenvalue weighted by Gasteiger charge is -2.22. The average Bonchev–Trinajstić information content (AvgIpc) is 2.65. The van der Waals surface area contributed by atoms with Crippen LogP contribution in [0.4, 0.5) is 0 Å². The maximum Gasteiger partial charge on any atom is 0.333 e. The van der Waals surface area contributed by atoms with Gasteiger partial charge >= 0.3 is 5.97 Å². The molecule has 0 saturated carbocycles. The maximum absolute atomic E-state index is 12.2. The van der Waals surface area contributed by atoms with E-state index in [2.05, 4.69) is 6.58 Å². The molecule has 0 bridgehead atoms. The fourth-order valence-electron chi connectivity index (χ4n) is 2.17. The molecule has 0 fully saturated rings. The minimum atomic E-state index is -0.647. The number of hydrogen-bond donors (Lipinski definition) is 0. The Kier molecular flexibility index (Phi) is 3.46. The highest BCUT2D eigenvalue weighted by Gasteiger charge is 2.40. The van der Waals surface area contributed by atoms with Crippen molar-refractivity contribution in [3.05, 3.63) is 48.0 Å². The molecule has 0 N–H and O–H groups in total. The Morgan fingerprint density at radius 1 is 1.50 bits per heavy atom. The highest BCUT2D eigenvalue weighted by molar-refractivity contribution is 6.03. The summed E-state index contributed by atoms with van der Waals surface area (Å²) in [6.45, 7) is 5.99. The molecule has 94 valence electrons. The Labute approximate surface area is 106 Å². The number of rotatable bonds is 4. The second-order valence-electron chi connectivity index (χ2n) is 3.99. The molecule has 0 aliphatic carbocycles. The maximum atomic E-state index is 12.2. The van der Waals surface area contributed by atoms with E-state index in [4.69, 9.17) is 4.74 Å². The van der Waals surface area contributed by atoms with Crippen LogP contribution in [0.15, 0.2) is 36.9 Å². The molecule has 0 saturated heterocycles. The van der Waals surface area contributed by atoms with Crippen molar-refractivity contribution in [2.75, 3.05) is 13.2 Å². The van der Waals surface area contributed by atoms with Crippen molar-refractivity contribution in [1.29, 1.82) is 0 Å². The first-order valence-corrected chi connectivity index (χ1v) is 5.88. The molecule has 2 rings (SSSR count). The van der Waals surface area contributed by atoms with Gasteiger partial charge in [-0.15, -0.1) is 6.58 Å². The van der Waals surface area contributed by atoms with Gasteiger partial charge in [-0.2, -0.15) is 0 Å². The molecule has 1 heterocycles. The third-order valence-corrected chi connectivity index (χ3v) is 2.89. The van der Waals surface area contributed by atoms with E-state index in [1.807, 2.05) is 6.07 Å². The van der Waals surface area contributed by atoms with Gasteiger partial charge in [-0.1, -0.05) is 24.3 Å². The quantitative estimate of drug-likeness (QED) is 0.601. The van der Waals surface area contributed by atoms with E-state index >= 15 is 0 Å². The summed E-state index contributed by atoms with van der Waals surface area (Å²) in [6, 6.07) is 6.48. The first-order chi connectivity index (χ1) is 8.70. The van der Waals surface area contributed by atoms with Crippen LogP contribution in [0.3, 0.4) is 0 Å². The number of hydrogen-bond acceptors (Lipinski definition) is 3. The topological polar surface area (TPSA) is 46.6 Å². The molecular formula is C14H15NO3. The molecule has 1 aromatic carbocycles. The summed E-state index contributed by atoms with van der Waals surface area (Å²) in [4.78, 5) is 25.6. The van der Waals surface area contributed by atoms with E-state index in [9.17, 15) is 9.59 Å². The molecule has 1 aliphatic heterocycles. The van der Waals surface area contributed by atoms with Crippen LogP contribution in [0.5, 0.6) is 0 Å². The molecule has 0 spiro atoms. The second-order valence-corrected chi connectivity index (χ2v) is 3.99. The van der Waals surface area contributed by atoms with Gasteiger partial charge in [-0.25, -0.2) is 4.79 Å². The van der Waals surface area contributed by atoms with Gasteiger partial charge in [0.05, 0.1) is 6.61 Å². The van der Waals surface area contributed by atoms with Crippen molar-refractivity contribution in [1.82, 2.24) is 4.90 Å². The highest BCUT2D eigenvalue weighted by Crippen LogP contribution is 2.34. The molecule has 0 radical (unpaired) electrons. The van der Waals surface area contributed by atoms with Crippen LogP contribution in [-0.4, -0.2) is 29.9 Å². The molecule has 4 nitrogen and oxygen atoms in total. The number of nitrogens with zero attached hydrogens (tertiary/aromatic N) is 1. The van der Waals surface area contributed by atoms with Gasteiger partial charge in [-0.3, -0.25) is 4.79 Å². The van der Waals surface area contributed by atoms with Gasteiger partial charge in [0, 0.05) is 12.1 Å². The normalized spacial score (nSPS) is 17.5. The zero-order chi connectivity index (χ0) is 13.1. The summed E-state index contributed by atoms with van der Waals surface area (Å²) in [5.74, 6) is -0.541. The molecule has 1 unspecified atom stereocenters. The van der Waals surface area contributed by atoms with Crippen molar-refractivity contribution in [3.8, 4) is 0 Å². The van der Waals surface area contributed by atoms with Gasteiger partial charge in [0.15, 0.2) is 6.04 Å². The van der Waals surface area contributed by atoms with E-state index in [-0.39, 0.29) is 5.91 Å². The Bertz CT molecular complexity index is 496. The summed E-state index contributed by atoms with van der Waals surface area (Å²) in [6.07, 6.45) is 1.61. The number of amides is 1. The number of fused-ring (bicyclic) bond motifs is 1. The summed E-state index contributed by atoms with van der Waals surface area (Å²) in [5, 5.41) is 0. The molecular weight excluding hydrogens is 230 g/mol. The van der Waals surface area contributed by atoms with E-state index < -0.39 is 12.0 Å². The van der Waals surface area contributed by atoms with Crippen molar-refractivity contribution >= 4 is 11.9 Å². The van der Waals surface area contributed by atoms with Crippen LogP contribution >= 0.6 is 0 Å². The average molecular weight is 245 g/mol. The number of esters is 1. The number of benzene rings is 1. The zero-order valence-electron chi connectivity index (χ0n) is 10.3. The lowest BCUT2D eigenvalue weighted by molar-refractivity contribution is -0.148. The number of carbonyl (C=O) groups is 2. The third kappa shape index (κ3) is 1.90. The van der Waals surface area contributed by atoms with Gasteiger partial charge in [0.2, 0.25) is 0 Å². The van der Waals surface area contributed by atoms with Crippen LogP contribution in [0, 0.1) is 0 Å². The van der Waals surface area contributed by atoms with Crippen molar-refractivity contribution in [3.63, 3.8) is 0 Å². The molecule has 4 heteroatoms. The summed E-state index contributed by atoms with van der Waals surface area (Å²) in [5.41, 5.74) is 1.28. The van der Waals surface area contributed by atoms with Crippen molar-refractivity contribution < 1.29 is 14.3 Å². The number of carbonyl (C=O) groups excluding carboxylic acids is 2. The fraction of sp³-hybridized carbons (Fsp3) is 0.286.